The summed E-state index contributed by atoms with van der Waals surface area (Å²) in [5.74, 6) is 0.644. The number of likely N-dealkylation sites (tertiary alicyclic amines) is 1. The van der Waals surface area contributed by atoms with Crippen molar-refractivity contribution >= 4 is 17.7 Å². The van der Waals surface area contributed by atoms with Crippen LogP contribution in [-0.2, 0) is 16.9 Å². The van der Waals surface area contributed by atoms with E-state index in [0.29, 0.717) is 31.5 Å². The summed E-state index contributed by atoms with van der Waals surface area (Å²) >= 11 is 0. The number of ether oxygens (including phenoxy) is 1. The number of nitrogens with zero attached hydrogens (tertiary/aromatic N) is 3. The van der Waals surface area contributed by atoms with E-state index in [9.17, 15) is 9.59 Å². The minimum Gasteiger partial charge on any atom is -0.450 e. The lowest BCUT2D eigenvalue weighted by Crippen LogP contribution is -2.46. The number of hydrogen-bond acceptors (Lipinski definition) is 4. The second-order valence-corrected chi connectivity index (χ2v) is 7.96. The molecule has 3 aromatic rings. The van der Waals surface area contributed by atoms with Crippen molar-refractivity contribution in [1.82, 2.24) is 14.5 Å². The van der Waals surface area contributed by atoms with Crippen molar-refractivity contribution < 1.29 is 14.3 Å². The molecule has 0 saturated carbocycles. The minimum atomic E-state index is -0.604. The number of imidazole rings is 1. The van der Waals surface area contributed by atoms with Crippen LogP contribution >= 0.6 is 0 Å². The smallest absolute Gasteiger partial charge is 0.339 e. The lowest BCUT2D eigenvalue weighted by atomic mass is 9.84. The number of amides is 2. The third-order valence-corrected chi connectivity index (χ3v) is 6.23. The number of urea groups is 1. The Morgan fingerprint density at radius 1 is 1.13 bits per heavy atom. The summed E-state index contributed by atoms with van der Waals surface area (Å²) in [7, 11) is 0. The lowest BCUT2D eigenvalue weighted by Gasteiger charge is -2.38. The Morgan fingerprint density at radius 3 is 2.61 bits per heavy atom. The Labute approximate surface area is 180 Å². The fourth-order valence-electron chi connectivity index (χ4n) is 4.52. The van der Waals surface area contributed by atoms with Gasteiger partial charge in [0, 0.05) is 61.7 Å². The van der Waals surface area contributed by atoms with Gasteiger partial charge >= 0.3 is 12.0 Å². The molecular formula is C24H24N4O3. The number of anilines is 1. The highest BCUT2D eigenvalue weighted by molar-refractivity contribution is 5.95. The Hall–Kier alpha value is -3.61. The molecule has 2 amide bonds. The molecule has 0 atom stereocenters. The third-order valence-electron chi connectivity index (χ3n) is 6.23. The van der Waals surface area contributed by atoms with E-state index in [1.54, 1.807) is 11.1 Å². The van der Waals surface area contributed by atoms with E-state index >= 15 is 0 Å². The standard InChI is InChI=1S/C24H24N4O3/c1-2-27-16-13-25-21(27)17-7-9-18(10-8-17)26-23(30)28-14-11-24(12-15-28)20-6-4-3-5-19(20)22(29)31-24/h3-10,13,16H,2,11-12,14-15H2,1H3,(H,26,30). The van der Waals surface area contributed by atoms with Crippen molar-refractivity contribution in [1.29, 1.82) is 0 Å². The van der Waals surface area contributed by atoms with Crippen LogP contribution in [-0.4, -0.2) is 39.5 Å². The minimum absolute atomic E-state index is 0.143. The highest BCUT2D eigenvalue weighted by atomic mass is 16.6. The summed E-state index contributed by atoms with van der Waals surface area (Å²) in [4.78, 5) is 31.2. The number of nitrogens with one attached hydrogen (secondary N) is 1. The molecule has 5 rings (SSSR count). The molecule has 2 aromatic carbocycles. The first-order chi connectivity index (χ1) is 15.1. The lowest BCUT2D eigenvalue weighted by molar-refractivity contribution is -0.0363. The molecular weight excluding hydrogens is 392 g/mol. The number of benzene rings is 2. The summed E-state index contributed by atoms with van der Waals surface area (Å²) < 4.78 is 7.84. The summed E-state index contributed by atoms with van der Waals surface area (Å²) in [5, 5.41) is 2.97. The van der Waals surface area contributed by atoms with E-state index < -0.39 is 5.60 Å². The molecule has 0 unspecified atom stereocenters. The normalized spacial score (nSPS) is 16.8. The number of fused-ring (bicyclic) bond motifs is 2. The van der Waals surface area contributed by atoms with Crippen molar-refractivity contribution in [2.75, 3.05) is 18.4 Å². The van der Waals surface area contributed by atoms with Gasteiger partial charge in [-0.05, 0) is 37.3 Å². The average Bonchev–Trinajstić information content (AvgIpc) is 3.38. The zero-order valence-corrected chi connectivity index (χ0v) is 17.4. The predicted molar refractivity (Wildman–Crippen MR) is 117 cm³/mol. The maximum absolute atomic E-state index is 12.8. The van der Waals surface area contributed by atoms with Crippen LogP contribution in [0.25, 0.3) is 11.4 Å². The largest absolute Gasteiger partial charge is 0.450 e. The van der Waals surface area contributed by atoms with Crippen LogP contribution in [0.15, 0.2) is 60.9 Å². The maximum Gasteiger partial charge on any atom is 0.339 e. The van der Waals surface area contributed by atoms with Crippen LogP contribution in [0.5, 0.6) is 0 Å². The molecule has 7 heteroatoms. The van der Waals surface area contributed by atoms with Gasteiger partial charge in [0.25, 0.3) is 0 Å². The molecule has 7 nitrogen and oxygen atoms in total. The van der Waals surface area contributed by atoms with Gasteiger partial charge < -0.3 is 19.5 Å². The monoisotopic (exact) mass is 416 g/mol. The summed E-state index contributed by atoms with van der Waals surface area (Å²) in [6.45, 7) is 3.98. The maximum atomic E-state index is 12.8. The highest BCUT2D eigenvalue weighted by Crippen LogP contribution is 2.44. The first-order valence-corrected chi connectivity index (χ1v) is 10.6. The number of carbonyl (C=O) groups is 2. The average molecular weight is 416 g/mol. The van der Waals surface area contributed by atoms with Gasteiger partial charge in [-0.2, -0.15) is 0 Å². The van der Waals surface area contributed by atoms with Crippen molar-refractivity contribution in [3.8, 4) is 11.4 Å². The van der Waals surface area contributed by atoms with E-state index in [1.807, 2.05) is 54.7 Å². The fraction of sp³-hybridized carbons (Fsp3) is 0.292. The molecule has 158 valence electrons. The molecule has 31 heavy (non-hydrogen) atoms. The molecule has 0 radical (unpaired) electrons. The zero-order valence-electron chi connectivity index (χ0n) is 17.4. The van der Waals surface area contributed by atoms with Gasteiger partial charge in [0.05, 0.1) is 5.56 Å². The zero-order chi connectivity index (χ0) is 21.4. The number of hydrogen-bond donors (Lipinski definition) is 1. The van der Waals surface area contributed by atoms with Gasteiger partial charge in [0.2, 0.25) is 0 Å². The molecule has 0 bridgehead atoms. The first kappa shape index (κ1) is 19.4. The second kappa shape index (κ2) is 7.58. The van der Waals surface area contributed by atoms with Crippen LogP contribution in [0, 0.1) is 0 Å². The Bertz CT molecular complexity index is 1130. The van der Waals surface area contributed by atoms with E-state index in [2.05, 4.69) is 21.8 Å². The number of rotatable bonds is 3. The molecule has 1 aromatic heterocycles. The molecule has 2 aliphatic heterocycles. The van der Waals surface area contributed by atoms with Crippen molar-refractivity contribution in [2.45, 2.75) is 31.9 Å². The molecule has 1 spiro atoms. The first-order valence-electron chi connectivity index (χ1n) is 10.6. The van der Waals surface area contributed by atoms with Crippen molar-refractivity contribution in [3.63, 3.8) is 0 Å². The topological polar surface area (TPSA) is 76.5 Å². The van der Waals surface area contributed by atoms with Crippen molar-refractivity contribution in [2.24, 2.45) is 0 Å². The quantitative estimate of drug-likeness (QED) is 0.647. The van der Waals surface area contributed by atoms with Gasteiger partial charge in [-0.1, -0.05) is 18.2 Å². The van der Waals surface area contributed by atoms with Gasteiger partial charge in [-0.25, -0.2) is 14.6 Å². The molecule has 1 fully saturated rings. The van der Waals surface area contributed by atoms with Gasteiger partial charge in [0.1, 0.15) is 11.4 Å². The third kappa shape index (κ3) is 3.36. The predicted octanol–water partition coefficient (Wildman–Crippen LogP) is 4.26. The fourth-order valence-corrected chi connectivity index (χ4v) is 4.52. The van der Waals surface area contributed by atoms with Gasteiger partial charge in [-0.3, -0.25) is 0 Å². The summed E-state index contributed by atoms with van der Waals surface area (Å²) in [5.41, 5.74) is 2.73. The number of piperidine rings is 1. The van der Waals surface area contributed by atoms with E-state index in [1.165, 1.54) is 0 Å². The van der Waals surface area contributed by atoms with Crippen LogP contribution in [0.3, 0.4) is 0 Å². The van der Waals surface area contributed by atoms with Crippen LogP contribution < -0.4 is 5.32 Å². The van der Waals surface area contributed by atoms with Crippen LogP contribution in [0.4, 0.5) is 10.5 Å². The Kier molecular flexibility index (Phi) is 4.73. The molecule has 1 N–H and O–H groups in total. The molecule has 2 aliphatic rings. The summed E-state index contributed by atoms with van der Waals surface area (Å²) in [6.07, 6.45) is 4.94. The van der Waals surface area contributed by atoms with Crippen molar-refractivity contribution in [3.05, 3.63) is 72.1 Å². The summed E-state index contributed by atoms with van der Waals surface area (Å²) in [6, 6.07) is 15.1. The van der Waals surface area contributed by atoms with E-state index in [-0.39, 0.29) is 12.0 Å². The number of esters is 1. The SMILES string of the molecule is CCn1ccnc1-c1ccc(NC(=O)N2CCC3(CC2)OC(=O)c2ccccc23)cc1. The molecule has 1 saturated heterocycles. The number of aryl methyl sites for hydroxylation is 1. The molecule has 0 aliphatic carbocycles. The Balaban J connectivity index is 1.23. The second-order valence-electron chi connectivity index (χ2n) is 7.96. The Morgan fingerprint density at radius 2 is 1.87 bits per heavy atom. The van der Waals surface area contributed by atoms with E-state index in [0.717, 1.165) is 29.2 Å². The van der Waals surface area contributed by atoms with Crippen LogP contribution in [0.1, 0.15) is 35.7 Å². The number of carbonyl (C=O) groups excluding carboxylic acids is 2. The van der Waals surface area contributed by atoms with Gasteiger partial charge in [0.15, 0.2) is 0 Å². The number of aromatic nitrogens is 2. The van der Waals surface area contributed by atoms with E-state index in [4.69, 9.17) is 4.74 Å². The van der Waals surface area contributed by atoms with Crippen LogP contribution in [0.2, 0.25) is 0 Å². The molecule has 3 heterocycles. The van der Waals surface area contributed by atoms with Gasteiger partial charge in [-0.15, -0.1) is 0 Å². The highest BCUT2D eigenvalue weighted by Gasteiger charge is 2.47.